The maximum Gasteiger partial charge on any atom is 0.253 e. The number of nitrogens with one attached hydrogen (secondary N) is 1. The average molecular weight is 688 g/mol. The monoisotopic (exact) mass is 687 g/mol. The van der Waals surface area contributed by atoms with Crippen LogP contribution in [-0.2, 0) is 11.3 Å². The fourth-order valence-corrected chi connectivity index (χ4v) is 6.69. The maximum absolute atomic E-state index is 13.7. The molecule has 1 atom stereocenters. The van der Waals surface area contributed by atoms with Gasteiger partial charge in [0.1, 0.15) is 5.75 Å². The van der Waals surface area contributed by atoms with Crippen LogP contribution in [0.3, 0.4) is 0 Å². The Labute approximate surface area is 296 Å². The molecule has 11 heteroatoms. The third kappa shape index (κ3) is 9.00. The van der Waals surface area contributed by atoms with Crippen molar-refractivity contribution in [3.05, 3.63) is 71.8 Å². The van der Waals surface area contributed by atoms with Gasteiger partial charge in [0.15, 0.2) is 11.5 Å². The van der Waals surface area contributed by atoms with Crippen molar-refractivity contribution < 1.29 is 28.5 Å². The number of imidazole rings is 1. The Morgan fingerprint density at radius 3 is 2.22 bits per heavy atom. The molecule has 5 rings (SSSR count). The average Bonchev–Trinajstić information content (AvgIpc) is 3.49. The molecule has 3 aromatic carbocycles. The van der Waals surface area contributed by atoms with Crippen LogP contribution in [0.5, 0.6) is 23.0 Å². The number of amides is 1. The number of aromatic nitrogens is 2. The molecule has 0 bridgehead atoms. The van der Waals surface area contributed by atoms with E-state index in [1.54, 1.807) is 45.5 Å². The van der Waals surface area contributed by atoms with Crippen molar-refractivity contribution in [1.82, 2.24) is 19.4 Å². The van der Waals surface area contributed by atoms with Crippen molar-refractivity contribution in [3.8, 4) is 23.0 Å². The summed E-state index contributed by atoms with van der Waals surface area (Å²) in [6.45, 7) is 8.99. The Hall–Kier alpha value is -4.48. The van der Waals surface area contributed by atoms with E-state index in [0.29, 0.717) is 42.0 Å². The molecule has 11 nitrogen and oxygen atoms in total. The van der Waals surface area contributed by atoms with Gasteiger partial charge in [-0.1, -0.05) is 24.3 Å². The Morgan fingerprint density at radius 1 is 0.920 bits per heavy atom. The van der Waals surface area contributed by atoms with E-state index in [9.17, 15) is 4.79 Å². The van der Waals surface area contributed by atoms with E-state index in [4.69, 9.17) is 28.7 Å². The molecule has 4 aromatic rings. The SMILES string of the molecule is COc1ccc(C(CCN2CCC(Nc3nc4ccccc4n3CCOC(C)C)CC2)CN(C)C(=O)c2cc(OC)c(OC)c(OC)c2)cc1. The van der Waals surface area contributed by atoms with Gasteiger partial charge in [0.25, 0.3) is 5.91 Å². The van der Waals surface area contributed by atoms with E-state index in [2.05, 4.69) is 59.0 Å². The van der Waals surface area contributed by atoms with E-state index >= 15 is 0 Å². The zero-order chi connectivity index (χ0) is 35.6. The van der Waals surface area contributed by atoms with Crippen LogP contribution < -0.4 is 24.3 Å². The predicted molar refractivity (Wildman–Crippen MR) is 197 cm³/mol. The van der Waals surface area contributed by atoms with Crippen molar-refractivity contribution in [1.29, 1.82) is 0 Å². The molecule has 0 spiro atoms. The molecule has 0 radical (unpaired) electrons. The first-order chi connectivity index (χ1) is 24.2. The molecular weight excluding hydrogens is 634 g/mol. The molecule has 0 saturated carbocycles. The minimum absolute atomic E-state index is 0.114. The zero-order valence-corrected chi connectivity index (χ0v) is 30.6. The number of rotatable bonds is 17. The van der Waals surface area contributed by atoms with Crippen molar-refractivity contribution in [2.24, 2.45) is 0 Å². The van der Waals surface area contributed by atoms with Crippen LogP contribution in [0.1, 0.15) is 54.9 Å². The summed E-state index contributed by atoms with van der Waals surface area (Å²) in [6, 6.07) is 20.2. The summed E-state index contributed by atoms with van der Waals surface area (Å²) >= 11 is 0. The highest BCUT2D eigenvalue weighted by molar-refractivity contribution is 5.95. The summed E-state index contributed by atoms with van der Waals surface area (Å²) in [5.74, 6) is 3.09. The van der Waals surface area contributed by atoms with Crippen LogP contribution in [0.2, 0.25) is 0 Å². The molecule has 270 valence electrons. The minimum atomic E-state index is -0.114. The van der Waals surface area contributed by atoms with Gasteiger partial charge in [-0.3, -0.25) is 4.79 Å². The largest absolute Gasteiger partial charge is 0.497 e. The molecular formula is C39H53N5O6. The highest BCUT2D eigenvalue weighted by Gasteiger charge is 2.25. The number of likely N-dealkylation sites (N-methyl/N-ethyl adjacent to an activating group) is 1. The van der Waals surface area contributed by atoms with E-state index in [1.807, 2.05) is 25.2 Å². The number of piperidine rings is 1. The Bertz CT molecular complexity index is 1660. The number of likely N-dealkylation sites (tertiary alicyclic amines) is 1. The van der Waals surface area contributed by atoms with Crippen molar-refractivity contribution in [2.75, 3.05) is 73.6 Å². The number of fused-ring (bicyclic) bond motifs is 1. The number of anilines is 1. The highest BCUT2D eigenvalue weighted by atomic mass is 16.5. The second kappa shape index (κ2) is 17.4. The van der Waals surface area contributed by atoms with Gasteiger partial charge in [-0.2, -0.15) is 0 Å². The molecule has 1 aliphatic heterocycles. The number of hydrogen-bond donors (Lipinski definition) is 1. The van der Waals surface area contributed by atoms with Crippen molar-refractivity contribution in [2.45, 2.75) is 57.7 Å². The molecule has 1 fully saturated rings. The number of nitrogens with zero attached hydrogens (tertiary/aromatic N) is 4. The van der Waals surface area contributed by atoms with E-state index in [1.165, 1.54) is 5.56 Å². The van der Waals surface area contributed by atoms with Gasteiger partial charge in [-0.05, 0) is 81.6 Å². The van der Waals surface area contributed by atoms with Crippen LogP contribution in [0.15, 0.2) is 60.7 Å². The minimum Gasteiger partial charge on any atom is -0.497 e. The summed E-state index contributed by atoms with van der Waals surface area (Å²) in [4.78, 5) is 23.0. The molecule has 1 N–H and O–H groups in total. The number of methoxy groups -OCH3 is 4. The lowest BCUT2D eigenvalue weighted by Gasteiger charge is -2.34. The molecule has 1 aliphatic rings. The van der Waals surface area contributed by atoms with Gasteiger partial charge < -0.3 is 43.4 Å². The van der Waals surface area contributed by atoms with Gasteiger partial charge in [-0.25, -0.2) is 4.98 Å². The first-order valence-electron chi connectivity index (χ1n) is 17.5. The fourth-order valence-electron chi connectivity index (χ4n) is 6.69. The van der Waals surface area contributed by atoms with Crippen molar-refractivity contribution >= 4 is 22.9 Å². The summed E-state index contributed by atoms with van der Waals surface area (Å²) in [6.07, 6.45) is 3.15. The lowest BCUT2D eigenvalue weighted by atomic mass is 9.93. The van der Waals surface area contributed by atoms with Gasteiger partial charge >= 0.3 is 0 Å². The van der Waals surface area contributed by atoms with Gasteiger partial charge in [-0.15, -0.1) is 0 Å². The molecule has 1 amide bonds. The summed E-state index contributed by atoms with van der Waals surface area (Å²) in [5, 5.41) is 3.76. The topological polar surface area (TPSA) is 99.6 Å². The number of para-hydroxylation sites is 2. The van der Waals surface area contributed by atoms with Crippen LogP contribution in [0.4, 0.5) is 5.95 Å². The van der Waals surface area contributed by atoms with E-state index in [0.717, 1.165) is 68.2 Å². The summed E-state index contributed by atoms with van der Waals surface area (Å²) in [5.41, 5.74) is 3.77. The number of ether oxygens (including phenoxy) is 5. The lowest BCUT2D eigenvalue weighted by Crippen LogP contribution is -2.40. The lowest BCUT2D eigenvalue weighted by molar-refractivity contribution is 0.0735. The number of hydrogen-bond acceptors (Lipinski definition) is 9. The highest BCUT2D eigenvalue weighted by Crippen LogP contribution is 2.38. The van der Waals surface area contributed by atoms with Gasteiger partial charge in [0.2, 0.25) is 11.7 Å². The Morgan fingerprint density at radius 2 is 1.60 bits per heavy atom. The quantitative estimate of drug-likeness (QED) is 0.137. The molecule has 1 saturated heterocycles. The van der Waals surface area contributed by atoms with Crippen LogP contribution in [0, 0.1) is 0 Å². The summed E-state index contributed by atoms with van der Waals surface area (Å²) < 4.78 is 30.0. The Balaban J connectivity index is 1.22. The van der Waals surface area contributed by atoms with Crippen LogP contribution in [-0.4, -0.2) is 106 Å². The number of carbonyl (C=O) groups excluding carboxylic acids is 1. The molecule has 1 aromatic heterocycles. The predicted octanol–water partition coefficient (Wildman–Crippen LogP) is 6.32. The van der Waals surface area contributed by atoms with E-state index < -0.39 is 0 Å². The smallest absolute Gasteiger partial charge is 0.253 e. The standard InChI is InChI=1S/C39H53N5O6/c1-27(2)50-23-22-44-34-11-9-8-10-33(34)41-39(44)40-31-17-20-43(21-18-31)19-16-29(28-12-14-32(46-4)15-13-28)26-42(3)38(45)30-24-35(47-5)37(49-7)36(25-30)48-6/h8-15,24-25,27,29,31H,16-23,26H2,1-7H3,(H,40,41). The first-order valence-corrected chi connectivity index (χ1v) is 17.5. The van der Waals surface area contributed by atoms with Crippen molar-refractivity contribution in [3.63, 3.8) is 0 Å². The Kier molecular flexibility index (Phi) is 12.8. The number of carbonyl (C=O) groups is 1. The fraction of sp³-hybridized carbons (Fsp3) is 0.487. The third-order valence-corrected chi connectivity index (χ3v) is 9.48. The second-order valence-corrected chi connectivity index (χ2v) is 13.1. The second-order valence-electron chi connectivity index (χ2n) is 13.1. The maximum atomic E-state index is 13.7. The third-order valence-electron chi connectivity index (χ3n) is 9.48. The van der Waals surface area contributed by atoms with Gasteiger partial charge in [0.05, 0.1) is 52.2 Å². The number of benzene rings is 3. The molecule has 50 heavy (non-hydrogen) atoms. The molecule has 2 heterocycles. The first kappa shape index (κ1) is 36.8. The van der Waals surface area contributed by atoms with Gasteiger partial charge in [0, 0.05) is 50.7 Å². The molecule has 1 unspecified atom stereocenters. The van der Waals surface area contributed by atoms with E-state index in [-0.39, 0.29) is 17.9 Å². The normalized spacial score (nSPS) is 14.5. The summed E-state index contributed by atoms with van der Waals surface area (Å²) in [7, 11) is 8.17. The van der Waals surface area contributed by atoms with Crippen LogP contribution >= 0.6 is 0 Å². The molecule has 0 aliphatic carbocycles. The van der Waals surface area contributed by atoms with Crippen LogP contribution in [0.25, 0.3) is 11.0 Å². The zero-order valence-electron chi connectivity index (χ0n) is 30.6.